The predicted octanol–water partition coefficient (Wildman–Crippen LogP) is 2.25. The van der Waals surface area contributed by atoms with Gasteiger partial charge in [0.25, 0.3) is 0 Å². The summed E-state index contributed by atoms with van der Waals surface area (Å²) in [6.07, 6.45) is 2.03. The number of carbonyl (C=O) groups excluding carboxylic acids is 1. The summed E-state index contributed by atoms with van der Waals surface area (Å²) in [4.78, 5) is 11.4. The van der Waals surface area contributed by atoms with Gasteiger partial charge < -0.3 is 10.6 Å². The van der Waals surface area contributed by atoms with Gasteiger partial charge in [0.05, 0.1) is 0 Å². The van der Waals surface area contributed by atoms with Crippen LogP contribution < -0.4 is 10.6 Å². The summed E-state index contributed by atoms with van der Waals surface area (Å²) < 4.78 is 0. The van der Waals surface area contributed by atoms with Gasteiger partial charge in [-0.3, -0.25) is 0 Å². The van der Waals surface area contributed by atoms with E-state index in [2.05, 4.69) is 22.8 Å². The van der Waals surface area contributed by atoms with Crippen LogP contribution in [0.4, 0.5) is 4.79 Å². The molecule has 0 radical (unpaired) electrons. The number of urea groups is 1. The number of carbonyl (C=O) groups is 1. The van der Waals surface area contributed by atoms with Crippen LogP contribution >= 0.6 is 0 Å². The second kappa shape index (κ2) is 5.01. The van der Waals surface area contributed by atoms with E-state index in [0.717, 1.165) is 19.4 Å². The number of hydrogen-bond acceptors (Lipinski definition) is 1. The van der Waals surface area contributed by atoms with Gasteiger partial charge in [-0.25, -0.2) is 4.79 Å². The summed E-state index contributed by atoms with van der Waals surface area (Å²) in [6.45, 7) is 2.79. The van der Waals surface area contributed by atoms with E-state index in [1.807, 2.05) is 25.1 Å². The number of nitrogens with one attached hydrogen (secondary N) is 2. The SMILES string of the molecule is CCCNC(=O)NC1CC1c1ccccc1. The van der Waals surface area contributed by atoms with Gasteiger partial charge in [0.1, 0.15) is 0 Å². The van der Waals surface area contributed by atoms with Gasteiger partial charge in [-0.1, -0.05) is 37.3 Å². The Kier molecular flexibility index (Phi) is 3.44. The second-order valence-electron chi connectivity index (χ2n) is 4.26. The Morgan fingerprint density at radius 2 is 2.12 bits per heavy atom. The molecule has 2 atom stereocenters. The van der Waals surface area contributed by atoms with Crippen molar-refractivity contribution in [3.05, 3.63) is 35.9 Å². The standard InChI is InChI=1S/C13H18N2O/c1-2-8-14-13(16)15-12-9-11(12)10-6-4-3-5-7-10/h3-7,11-12H,2,8-9H2,1H3,(H2,14,15,16). The normalized spacial score (nSPS) is 22.6. The minimum absolute atomic E-state index is 0.0368. The molecule has 2 rings (SSSR count). The Morgan fingerprint density at radius 3 is 2.81 bits per heavy atom. The van der Waals surface area contributed by atoms with E-state index in [1.54, 1.807) is 0 Å². The first-order valence-electron chi connectivity index (χ1n) is 5.90. The number of benzene rings is 1. The van der Waals surface area contributed by atoms with Crippen molar-refractivity contribution in [3.8, 4) is 0 Å². The first kappa shape index (κ1) is 11.0. The van der Waals surface area contributed by atoms with Crippen molar-refractivity contribution in [2.45, 2.75) is 31.7 Å². The lowest BCUT2D eigenvalue weighted by molar-refractivity contribution is 0.240. The molecule has 2 amide bonds. The molecule has 0 bridgehead atoms. The summed E-state index contributed by atoms with van der Waals surface area (Å²) in [5.41, 5.74) is 1.32. The summed E-state index contributed by atoms with van der Waals surface area (Å²) in [6, 6.07) is 10.6. The zero-order valence-corrected chi connectivity index (χ0v) is 9.57. The minimum Gasteiger partial charge on any atom is -0.338 e. The molecule has 0 spiro atoms. The quantitative estimate of drug-likeness (QED) is 0.799. The van der Waals surface area contributed by atoms with Crippen LogP contribution in [-0.4, -0.2) is 18.6 Å². The van der Waals surface area contributed by atoms with Crippen LogP contribution in [0.3, 0.4) is 0 Å². The molecule has 2 unspecified atom stereocenters. The fourth-order valence-electron chi connectivity index (χ4n) is 1.88. The van der Waals surface area contributed by atoms with Crippen molar-refractivity contribution >= 4 is 6.03 Å². The van der Waals surface area contributed by atoms with E-state index < -0.39 is 0 Å². The molecule has 0 saturated heterocycles. The Hall–Kier alpha value is -1.51. The zero-order chi connectivity index (χ0) is 11.4. The van der Waals surface area contributed by atoms with Crippen LogP contribution in [-0.2, 0) is 0 Å². The summed E-state index contributed by atoms with van der Waals surface area (Å²) >= 11 is 0. The lowest BCUT2D eigenvalue weighted by Gasteiger charge is -2.06. The van der Waals surface area contributed by atoms with Gasteiger partial charge in [0.2, 0.25) is 0 Å². The van der Waals surface area contributed by atoms with Crippen LogP contribution in [0.25, 0.3) is 0 Å². The molecule has 2 N–H and O–H groups in total. The Labute approximate surface area is 96.2 Å². The van der Waals surface area contributed by atoms with Gasteiger partial charge in [0, 0.05) is 18.5 Å². The highest BCUT2D eigenvalue weighted by Gasteiger charge is 2.39. The molecule has 16 heavy (non-hydrogen) atoms. The lowest BCUT2D eigenvalue weighted by Crippen LogP contribution is -2.37. The van der Waals surface area contributed by atoms with Crippen LogP contribution in [0.1, 0.15) is 31.2 Å². The molecule has 0 aromatic heterocycles. The Bertz CT molecular complexity index is 350. The molecule has 1 aromatic carbocycles. The molecule has 1 aromatic rings. The highest BCUT2D eigenvalue weighted by molar-refractivity contribution is 5.74. The third-order valence-electron chi connectivity index (χ3n) is 2.87. The third kappa shape index (κ3) is 2.75. The van der Waals surface area contributed by atoms with Crippen molar-refractivity contribution < 1.29 is 4.79 Å². The van der Waals surface area contributed by atoms with E-state index in [4.69, 9.17) is 0 Å². The fraction of sp³-hybridized carbons (Fsp3) is 0.462. The van der Waals surface area contributed by atoms with Gasteiger partial charge in [-0.15, -0.1) is 0 Å². The molecule has 1 aliphatic rings. The fourth-order valence-corrected chi connectivity index (χ4v) is 1.88. The molecule has 3 nitrogen and oxygen atoms in total. The molecule has 3 heteroatoms. The van der Waals surface area contributed by atoms with Crippen molar-refractivity contribution in [2.24, 2.45) is 0 Å². The lowest BCUT2D eigenvalue weighted by atomic mass is 10.1. The van der Waals surface area contributed by atoms with E-state index >= 15 is 0 Å². The van der Waals surface area contributed by atoms with Crippen molar-refractivity contribution in [2.75, 3.05) is 6.54 Å². The molecule has 1 aliphatic carbocycles. The summed E-state index contributed by atoms with van der Waals surface area (Å²) in [5.74, 6) is 0.508. The van der Waals surface area contributed by atoms with E-state index in [9.17, 15) is 4.79 Å². The number of hydrogen-bond donors (Lipinski definition) is 2. The maximum Gasteiger partial charge on any atom is 0.315 e. The minimum atomic E-state index is -0.0368. The van der Waals surface area contributed by atoms with Crippen LogP contribution in [0.5, 0.6) is 0 Å². The smallest absolute Gasteiger partial charge is 0.315 e. The van der Waals surface area contributed by atoms with Crippen molar-refractivity contribution in [1.82, 2.24) is 10.6 Å². The molecular weight excluding hydrogens is 200 g/mol. The summed E-state index contributed by atoms with van der Waals surface area (Å²) in [7, 11) is 0. The molecule has 0 aliphatic heterocycles. The van der Waals surface area contributed by atoms with Gasteiger partial charge in [-0.05, 0) is 18.4 Å². The number of amides is 2. The number of rotatable bonds is 4. The maximum absolute atomic E-state index is 11.4. The van der Waals surface area contributed by atoms with E-state index in [1.165, 1.54) is 5.56 Å². The zero-order valence-electron chi connectivity index (χ0n) is 9.57. The van der Waals surface area contributed by atoms with Gasteiger partial charge in [-0.2, -0.15) is 0 Å². The first-order valence-corrected chi connectivity index (χ1v) is 5.90. The molecule has 0 heterocycles. The monoisotopic (exact) mass is 218 g/mol. The van der Waals surface area contributed by atoms with E-state index in [0.29, 0.717) is 12.0 Å². The van der Waals surface area contributed by atoms with Crippen molar-refractivity contribution in [1.29, 1.82) is 0 Å². The summed E-state index contributed by atoms with van der Waals surface area (Å²) in [5, 5.41) is 5.81. The average molecular weight is 218 g/mol. The molecule has 86 valence electrons. The largest absolute Gasteiger partial charge is 0.338 e. The first-order chi connectivity index (χ1) is 7.81. The molecular formula is C13H18N2O. The van der Waals surface area contributed by atoms with Crippen molar-refractivity contribution in [3.63, 3.8) is 0 Å². The highest BCUT2D eigenvalue weighted by atomic mass is 16.2. The predicted molar refractivity (Wildman–Crippen MR) is 64.4 cm³/mol. The second-order valence-corrected chi connectivity index (χ2v) is 4.26. The maximum atomic E-state index is 11.4. The molecule has 1 fully saturated rings. The Morgan fingerprint density at radius 1 is 1.38 bits per heavy atom. The molecule has 1 saturated carbocycles. The third-order valence-corrected chi connectivity index (χ3v) is 2.87. The van der Waals surface area contributed by atoms with Gasteiger partial charge in [0.15, 0.2) is 0 Å². The van der Waals surface area contributed by atoms with Crippen LogP contribution in [0.2, 0.25) is 0 Å². The Balaban J connectivity index is 1.77. The van der Waals surface area contributed by atoms with E-state index in [-0.39, 0.29) is 6.03 Å². The van der Waals surface area contributed by atoms with Crippen LogP contribution in [0, 0.1) is 0 Å². The topological polar surface area (TPSA) is 41.1 Å². The van der Waals surface area contributed by atoms with Gasteiger partial charge >= 0.3 is 6.03 Å². The van der Waals surface area contributed by atoms with Crippen LogP contribution in [0.15, 0.2) is 30.3 Å². The highest BCUT2D eigenvalue weighted by Crippen LogP contribution is 2.40. The average Bonchev–Trinajstić information content (AvgIpc) is 3.07.